The van der Waals surface area contributed by atoms with Crippen molar-refractivity contribution in [3.8, 4) is 0 Å². The maximum atomic E-state index is 11.6. The average Bonchev–Trinajstić information content (AvgIpc) is 2.57. The molecule has 3 atom stereocenters. The van der Waals surface area contributed by atoms with E-state index >= 15 is 0 Å². The van der Waals surface area contributed by atoms with Gasteiger partial charge in [0.05, 0.1) is 18.0 Å². The molecule has 0 spiro atoms. The summed E-state index contributed by atoms with van der Waals surface area (Å²) < 4.78 is 6.77. The predicted molar refractivity (Wildman–Crippen MR) is 65.8 cm³/mol. The number of rotatable bonds is 2. The van der Waals surface area contributed by atoms with E-state index in [-0.39, 0.29) is 17.7 Å². The van der Waals surface area contributed by atoms with Gasteiger partial charge in [-0.05, 0) is 11.6 Å². The molecule has 0 amide bonds. The molecule has 0 saturated carbocycles. The molecule has 0 aliphatic carbocycles. The number of nitrogen functional groups attached to an aromatic ring is 1. The maximum absolute atomic E-state index is 11.6. The van der Waals surface area contributed by atoms with Crippen LogP contribution >= 0.6 is 12.6 Å². The topological polar surface area (TPSA) is 90.4 Å². The van der Waals surface area contributed by atoms with E-state index in [1.54, 1.807) is 0 Å². The van der Waals surface area contributed by atoms with Gasteiger partial charge in [-0.2, -0.15) is 17.6 Å². The molecule has 17 heavy (non-hydrogen) atoms. The maximum Gasteiger partial charge on any atom is 0.351 e. The number of anilines is 1. The molecule has 2 heterocycles. The number of ether oxygens (including phenoxy) is 1. The summed E-state index contributed by atoms with van der Waals surface area (Å²) in [7, 11) is 0. The van der Waals surface area contributed by atoms with Crippen molar-refractivity contribution in [2.75, 3.05) is 12.3 Å². The van der Waals surface area contributed by atoms with Crippen LogP contribution in [0.3, 0.4) is 0 Å². The fourth-order valence-electron chi connectivity index (χ4n) is 1.70. The van der Waals surface area contributed by atoms with E-state index in [0.29, 0.717) is 5.57 Å². The Morgan fingerprint density at radius 1 is 1.71 bits per heavy atom. The Bertz CT molecular complexity index is 502. The number of nitrogens with two attached hydrogens (primary N) is 1. The van der Waals surface area contributed by atoms with Gasteiger partial charge in [-0.25, -0.2) is 4.79 Å². The van der Waals surface area contributed by atoms with Gasteiger partial charge in [0.25, 0.3) is 0 Å². The predicted octanol–water partition coefficient (Wildman–Crippen LogP) is -0.430. The number of aromatic nitrogens is 2. The third kappa shape index (κ3) is 2.08. The highest BCUT2D eigenvalue weighted by molar-refractivity contribution is 7.81. The number of hydrogen-bond acceptors (Lipinski definition) is 6. The van der Waals surface area contributed by atoms with Crippen LogP contribution in [0.2, 0.25) is 0 Å². The summed E-state index contributed by atoms with van der Waals surface area (Å²) in [6.07, 6.45) is 0.358. The van der Waals surface area contributed by atoms with Crippen LogP contribution < -0.4 is 11.4 Å². The summed E-state index contributed by atoms with van der Waals surface area (Å²) in [5.41, 5.74) is 5.49. The van der Waals surface area contributed by atoms with Crippen LogP contribution in [0.5, 0.6) is 0 Å². The quantitative estimate of drug-likeness (QED) is 0.493. The van der Waals surface area contributed by atoms with Crippen LogP contribution in [0.25, 0.3) is 0 Å². The van der Waals surface area contributed by atoms with Crippen molar-refractivity contribution in [1.82, 2.24) is 9.55 Å². The standard InChI is InChI=1S/C10H13N3O3S/c1-5-8(17)6(4-14)16-9(5)13-3-2-7(11)12-10(13)15/h2-3,6,8-9,14,17H,1,4H2,(H2,11,12,15)/t6-,8+,9-/m1/s1. The van der Waals surface area contributed by atoms with Crippen molar-refractivity contribution in [3.63, 3.8) is 0 Å². The van der Waals surface area contributed by atoms with E-state index in [1.165, 1.54) is 16.8 Å². The van der Waals surface area contributed by atoms with Gasteiger partial charge in [0.1, 0.15) is 5.82 Å². The lowest BCUT2D eigenvalue weighted by Gasteiger charge is -2.14. The van der Waals surface area contributed by atoms with Crippen LogP contribution in [-0.2, 0) is 4.74 Å². The van der Waals surface area contributed by atoms with Crippen molar-refractivity contribution in [2.24, 2.45) is 0 Å². The van der Waals surface area contributed by atoms with Gasteiger partial charge in [-0.1, -0.05) is 6.58 Å². The van der Waals surface area contributed by atoms with Crippen LogP contribution in [0.1, 0.15) is 6.23 Å². The Kier molecular flexibility index (Phi) is 3.23. The summed E-state index contributed by atoms with van der Waals surface area (Å²) in [5.74, 6) is 0.149. The molecule has 3 N–H and O–H groups in total. The van der Waals surface area contributed by atoms with Gasteiger partial charge in [-0.3, -0.25) is 4.57 Å². The van der Waals surface area contributed by atoms with Gasteiger partial charge in [0, 0.05) is 6.20 Å². The smallest absolute Gasteiger partial charge is 0.351 e. The number of thiol groups is 1. The van der Waals surface area contributed by atoms with Crippen molar-refractivity contribution in [3.05, 3.63) is 34.9 Å². The molecule has 0 unspecified atom stereocenters. The van der Waals surface area contributed by atoms with Crippen molar-refractivity contribution < 1.29 is 9.84 Å². The normalized spacial score (nSPS) is 28.6. The first-order valence-corrected chi connectivity index (χ1v) is 5.54. The van der Waals surface area contributed by atoms with Gasteiger partial charge in [-0.15, -0.1) is 0 Å². The van der Waals surface area contributed by atoms with Crippen LogP contribution in [0.15, 0.2) is 29.2 Å². The number of aliphatic hydroxyl groups is 1. The first-order valence-electron chi connectivity index (χ1n) is 5.02. The number of aliphatic hydroxyl groups excluding tert-OH is 1. The fourth-order valence-corrected chi connectivity index (χ4v) is 2.00. The second kappa shape index (κ2) is 4.52. The second-order valence-corrected chi connectivity index (χ2v) is 4.33. The minimum Gasteiger partial charge on any atom is -0.394 e. The minimum atomic E-state index is -0.657. The number of hydrogen-bond donors (Lipinski definition) is 3. The zero-order chi connectivity index (χ0) is 12.6. The molecule has 7 heteroatoms. The molecule has 0 bridgehead atoms. The first kappa shape index (κ1) is 12.2. The summed E-state index contributed by atoms with van der Waals surface area (Å²) in [6.45, 7) is 3.64. The van der Waals surface area contributed by atoms with Crippen molar-refractivity contribution in [1.29, 1.82) is 0 Å². The lowest BCUT2D eigenvalue weighted by atomic mass is 10.1. The van der Waals surface area contributed by atoms with Crippen LogP contribution in [0, 0.1) is 0 Å². The SMILES string of the molecule is C=C1[C@H](n2ccc(N)nc2=O)O[C@H](CO)[C@H]1S. The summed E-state index contributed by atoms with van der Waals surface area (Å²) >= 11 is 4.28. The Labute approximate surface area is 103 Å². The minimum absolute atomic E-state index is 0.149. The zero-order valence-electron chi connectivity index (χ0n) is 8.98. The lowest BCUT2D eigenvalue weighted by molar-refractivity contribution is -0.0154. The molecule has 2 rings (SSSR count). The summed E-state index contributed by atoms with van der Waals surface area (Å²) in [4.78, 5) is 15.2. The molecule has 92 valence electrons. The molecular weight excluding hydrogens is 242 g/mol. The number of nitrogens with zero attached hydrogens (tertiary/aromatic N) is 2. The largest absolute Gasteiger partial charge is 0.394 e. The zero-order valence-corrected chi connectivity index (χ0v) is 9.88. The highest BCUT2D eigenvalue weighted by Gasteiger charge is 2.37. The molecule has 1 aromatic heterocycles. The molecule has 1 aliphatic heterocycles. The highest BCUT2D eigenvalue weighted by atomic mass is 32.1. The van der Waals surface area contributed by atoms with E-state index < -0.39 is 18.0 Å². The average molecular weight is 255 g/mol. The highest BCUT2D eigenvalue weighted by Crippen LogP contribution is 2.35. The van der Waals surface area contributed by atoms with Gasteiger partial charge in [0.2, 0.25) is 0 Å². The van der Waals surface area contributed by atoms with E-state index in [2.05, 4.69) is 24.2 Å². The molecule has 1 saturated heterocycles. The molecule has 1 aromatic rings. The Morgan fingerprint density at radius 3 is 2.94 bits per heavy atom. The molecule has 0 aromatic carbocycles. The van der Waals surface area contributed by atoms with Crippen molar-refractivity contribution in [2.45, 2.75) is 17.6 Å². The molecule has 6 nitrogen and oxygen atoms in total. The lowest BCUT2D eigenvalue weighted by Crippen LogP contribution is -2.28. The molecule has 0 radical (unpaired) electrons. The van der Waals surface area contributed by atoms with Crippen molar-refractivity contribution >= 4 is 18.4 Å². The third-order valence-corrected chi connectivity index (χ3v) is 3.30. The van der Waals surface area contributed by atoms with Crippen LogP contribution in [-0.4, -0.2) is 32.6 Å². The monoisotopic (exact) mass is 255 g/mol. The fraction of sp³-hybridized carbons (Fsp3) is 0.400. The van der Waals surface area contributed by atoms with Crippen LogP contribution in [0.4, 0.5) is 5.82 Å². The third-order valence-electron chi connectivity index (χ3n) is 2.64. The van der Waals surface area contributed by atoms with E-state index in [1.807, 2.05) is 0 Å². The van der Waals surface area contributed by atoms with Gasteiger partial charge < -0.3 is 15.6 Å². The Balaban J connectivity index is 2.35. The van der Waals surface area contributed by atoms with Gasteiger partial charge >= 0.3 is 5.69 Å². The first-order chi connectivity index (χ1) is 8.04. The Hall–Kier alpha value is -1.31. The van der Waals surface area contributed by atoms with E-state index in [4.69, 9.17) is 15.6 Å². The second-order valence-electron chi connectivity index (χ2n) is 3.77. The summed E-state index contributed by atoms with van der Waals surface area (Å²) in [6, 6.07) is 1.50. The molecule has 1 aliphatic rings. The molecular formula is C10H13N3O3S. The molecule has 1 fully saturated rings. The van der Waals surface area contributed by atoms with E-state index in [0.717, 1.165) is 0 Å². The van der Waals surface area contributed by atoms with E-state index in [9.17, 15) is 4.79 Å². The summed E-state index contributed by atoms with van der Waals surface area (Å²) in [5, 5.41) is 8.78. The Morgan fingerprint density at radius 2 is 2.41 bits per heavy atom. The van der Waals surface area contributed by atoms with Gasteiger partial charge in [0.15, 0.2) is 6.23 Å².